The van der Waals surface area contributed by atoms with Crippen molar-refractivity contribution in [2.24, 2.45) is 4.99 Å². The molecule has 158 valence electrons. The van der Waals surface area contributed by atoms with Crippen molar-refractivity contribution in [1.82, 2.24) is 15.5 Å². The average Bonchev–Trinajstić information content (AvgIpc) is 2.71. The van der Waals surface area contributed by atoms with E-state index in [-0.39, 0.29) is 34.6 Å². The number of non-ortho nitro benzene ring substituents is 1. The van der Waals surface area contributed by atoms with Crippen molar-refractivity contribution < 1.29 is 4.92 Å². The molecule has 2 aromatic carbocycles. The lowest BCUT2D eigenvalue weighted by Gasteiger charge is -2.25. The van der Waals surface area contributed by atoms with E-state index >= 15 is 0 Å². The quantitative estimate of drug-likeness (QED) is 0.176. The summed E-state index contributed by atoms with van der Waals surface area (Å²) in [5, 5.41) is 17.4. The predicted octanol–water partition coefficient (Wildman–Crippen LogP) is 3.79. The zero-order chi connectivity index (χ0) is 20.4. The number of halogens is 1. The molecule has 0 spiro atoms. The molecule has 1 unspecified atom stereocenters. The van der Waals surface area contributed by atoms with Crippen LogP contribution in [0.1, 0.15) is 24.5 Å². The van der Waals surface area contributed by atoms with Crippen molar-refractivity contribution in [1.29, 1.82) is 0 Å². The van der Waals surface area contributed by atoms with Gasteiger partial charge in [-0.25, -0.2) is 0 Å². The van der Waals surface area contributed by atoms with E-state index in [9.17, 15) is 10.1 Å². The van der Waals surface area contributed by atoms with Crippen LogP contribution < -0.4 is 10.6 Å². The van der Waals surface area contributed by atoms with Crippen molar-refractivity contribution in [3.8, 4) is 0 Å². The third-order valence-electron chi connectivity index (χ3n) is 4.69. The molecule has 0 bridgehead atoms. The van der Waals surface area contributed by atoms with Crippen LogP contribution in [0.25, 0.3) is 0 Å². The topological polar surface area (TPSA) is 82.8 Å². The Morgan fingerprint density at radius 3 is 2.48 bits per heavy atom. The molecule has 29 heavy (non-hydrogen) atoms. The second-order valence-corrected chi connectivity index (χ2v) is 6.82. The molecule has 8 heteroatoms. The van der Waals surface area contributed by atoms with Crippen LogP contribution in [0.4, 0.5) is 5.69 Å². The van der Waals surface area contributed by atoms with Crippen LogP contribution in [0.5, 0.6) is 0 Å². The number of benzene rings is 2. The number of nitro benzene ring substituents is 1. The Hall–Kier alpha value is -2.20. The van der Waals surface area contributed by atoms with Gasteiger partial charge in [-0.05, 0) is 31.5 Å². The summed E-state index contributed by atoms with van der Waals surface area (Å²) in [6.45, 7) is 4.39. The van der Waals surface area contributed by atoms with Crippen LogP contribution in [0.2, 0.25) is 0 Å². The Kier molecular flexibility index (Phi) is 11.2. The number of nitrogens with one attached hydrogen (secondary N) is 2. The molecule has 2 rings (SSSR count). The van der Waals surface area contributed by atoms with E-state index in [0.717, 1.165) is 25.1 Å². The molecule has 0 fully saturated rings. The maximum absolute atomic E-state index is 10.9. The third kappa shape index (κ3) is 8.78. The Balaban J connectivity index is 0.00000420. The van der Waals surface area contributed by atoms with Crippen LogP contribution in [-0.2, 0) is 13.1 Å². The highest BCUT2D eigenvalue weighted by molar-refractivity contribution is 14.0. The monoisotopic (exact) mass is 511 g/mol. The largest absolute Gasteiger partial charge is 0.356 e. The average molecular weight is 511 g/mol. The second-order valence-electron chi connectivity index (χ2n) is 6.82. The van der Waals surface area contributed by atoms with Crippen LogP contribution in [-0.4, -0.2) is 42.5 Å². The van der Waals surface area contributed by atoms with E-state index in [0.29, 0.717) is 18.5 Å². The molecular formula is C21H30IN5O2. The molecule has 0 aliphatic heterocycles. The van der Waals surface area contributed by atoms with Gasteiger partial charge in [0.25, 0.3) is 5.69 Å². The number of hydrogen-bond donors (Lipinski definition) is 2. The summed E-state index contributed by atoms with van der Waals surface area (Å²) in [4.78, 5) is 17.0. The first-order chi connectivity index (χ1) is 13.5. The molecule has 2 aromatic rings. The van der Waals surface area contributed by atoms with Gasteiger partial charge in [0.2, 0.25) is 0 Å². The van der Waals surface area contributed by atoms with Crippen molar-refractivity contribution >= 4 is 35.6 Å². The zero-order valence-electron chi connectivity index (χ0n) is 17.2. The first kappa shape index (κ1) is 24.8. The molecular weight excluding hydrogens is 481 g/mol. The molecule has 2 N–H and O–H groups in total. The summed E-state index contributed by atoms with van der Waals surface area (Å²) in [6, 6.07) is 17.5. The fourth-order valence-corrected chi connectivity index (χ4v) is 2.83. The Morgan fingerprint density at radius 1 is 1.14 bits per heavy atom. The van der Waals surface area contributed by atoms with Gasteiger partial charge in [0.1, 0.15) is 0 Å². The van der Waals surface area contributed by atoms with E-state index in [1.165, 1.54) is 11.6 Å². The van der Waals surface area contributed by atoms with Gasteiger partial charge in [-0.2, -0.15) is 0 Å². The number of nitro groups is 1. The third-order valence-corrected chi connectivity index (χ3v) is 4.69. The van der Waals surface area contributed by atoms with E-state index in [1.54, 1.807) is 19.2 Å². The summed E-state index contributed by atoms with van der Waals surface area (Å²) in [6.07, 6.45) is 0.973. The maximum atomic E-state index is 10.9. The lowest BCUT2D eigenvalue weighted by Crippen LogP contribution is -2.39. The smallest absolute Gasteiger partial charge is 0.269 e. The van der Waals surface area contributed by atoms with Gasteiger partial charge < -0.3 is 10.6 Å². The highest BCUT2D eigenvalue weighted by Gasteiger charge is 2.10. The van der Waals surface area contributed by atoms with Gasteiger partial charge >= 0.3 is 0 Å². The van der Waals surface area contributed by atoms with Gasteiger partial charge in [-0.15, -0.1) is 24.0 Å². The van der Waals surface area contributed by atoms with Gasteiger partial charge in [0, 0.05) is 44.9 Å². The maximum Gasteiger partial charge on any atom is 0.269 e. The van der Waals surface area contributed by atoms with Gasteiger partial charge in [-0.1, -0.05) is 42.5 Å². The van der Waals surface area contributed by atoms with Crippen LogP contribution in [0.15, 0.2) is 59.6 Å². The van der Waals surface area contributed by atoms with Crippen molar-refractivity contribution in [3.63, 3.8) is 0 Å². The summed E-state index contributed by atoms with van der Waals surface area (Å²) >= 11 is 0. The van der Waals surface area contributed by atoms with E-state index in [2.05, 4.69) is 58.8 Å². The number of aliphatic imine (C=N–C) groups is 1. The number of hydrogen-bond acceptors (Lipinski definition) is 4. The molecule has 0 aliphatic rings. The molecule has 0 saturated heterocycles. The van der Waals surface area contributed by atoms with Crippen LogP contribution in [0.3, 0.4) is 0 Å². The Bertz CT molecular complexity index is 786. The van der Waals surface area contributed by atoms with Crippen molar-refractivity contribution in [2.45, 2.75) is 32.5 Å². The molecule has 0 amide bonds. The summed E-state index contributed by atoms with van der Waals surface area (Å²) in [5.41, 5.74) is 2.24. The Labute approximate surface area is 189 Å². The fourth-order valence-electron chi connectivity index (χ4n) is 2.83. The fraction of sp³-hybridized carbons (Fsp3) is 0.381. The zero-order valence-corrected chi connectivity index (χ0v) is 19.5. The first-order valence-electron chi connectivity index (χ1n) is 9.41. The lowest BCUT2D eigenvalue weighted by atomic mass is 10.1. The highest BCUT2D eigenvalue weighted by Crippen LogP contribution is 2.12. The number of rotatable bonds is 9. The number of nitrogens with zero attached hydrogens (tertiary/aromatic N) is 3. The molecule has 0 saturated carbocycles. The standard InChI is InChI=1S/C21H29N5O2.HI/c1-17(25(3)16-18-8-5-4-6-9-18)12-13-23-21(22-2)24-15-19-10-7-11-20(14-19)26(27)28;/h4-11,14,17H,12-13,15-16H2,1-3H3,(H2,22,23,24);1H. The minimum absolute atomic E-state index is 0. The van der Waals surface area contributed by atoms with Crippen LogP contribution >= 0.6 is 24.0 Å². The molecule has 7 nitrogen and oxygen atoms in total. The van der Waals surface area contributed by atoms with Gasteiger partial charge in [0.05, 0.1) is 4.92 Å². The van der Waals surface area contributed by atoms with Crippen molar-refractivity contribution in [3.05, 3.63) is 75.8 Å². The van der Waals surface area contributed by atoms with Crippen molar-refractivity contribution in [2.75, 3.05) is 20.6 Å². The molecule has 0 heterocycles. The SMILES string of the molecule is CN=C(NCCC(C)N(C)Cc1ccccc1)NCc1cccc([N+](=O)[O-])c1.I. The highest BCUT2D eigenvalue weighted by atomic mass is 127. The normalized spacial score (nSPS) is 12.2. The molecule has 1 atom stereocenters. The minimum atomic E-state index is -0.385. The summed E-state index contributed by atoms with van der Waals surface area (Å²) < 4.78 is 0. The molecule has 0 aromatic heterocycles. The molecule has 0 aliphatic carbocycles. The second kappa shape index (κ2) is 13.1. The predicted molar refractivity (Wildman–Crippen MR) is 129 cm³/mol. The summed E-state index contributed by atoms with van der Waals surface area (Å²) in [7, 11) is 3.85. The Morgan fingerprint density at radius 2 is 1.83 bits per heavy atom. The number of guanidine groups is 1. The van der Waals surface area contributed by atoms with Gasteiger partial charge in [0.15, 0.2) is 5.96 Å². The molecule has 0 radical (unpaired) electrons. The van der Waals surface area contributed by atoms with E-state index < -0.39 is 0 Å². The lowest BCUT2D eigenvalue weighted by molar-refractivity contribution is -0.384. The van der Waals surface area contributed by atoms with Gasteiger partial charge in [-0.3, -0.25) is 20.0 Å². The summed E-state index contributed by atoms with van der Waals surface area (Å²) in [5.74, 6) is 0.685. The van der Waals surface area contributed by atoms with E-state index in [1.807, 2.05) is 12.1 Å². The van der Waals surface area contributed by atoms with E-state index in [4.69, 9.17) is 0 Å². The minimum Gasteiger partial charge on any atom is -0.356 e. The first-order valence-corrected chi connectivity index (χ1v) is 9.41. The van der Waals surface area contributed by atoms with Crippen LogP contribution in [0, 0.1) is 10.1 Å².